The van der Waals surface area contributed by atoms with E-state index in [0.29, 0.717) is 24.5 Å². The molecule has 0 aromatic carbocycles. The van der Waals surface area contributed by atoms with Gasteiger partial charge < -0.3 is 0 Å². The lowest BCUT2D eigenvalue weighted by Gasteiger charge is -2.20. The van der Waals surface area contributed by atoms with Crippen LogP contribution in [-0.2, 0) is 9.59 Å². The summed E-state index contributed by atoms with van der Waals surface area (Å²) in [6, 6.07) is 1.85. The molecule has 2 rings (SSSR count). The standard InChI is InChI=1S/C12H15N3O2/c1-7(2)9-5-10(14-6-13-9)8-3-4-11(16)15-12(8)17/h5-8H,3-4H2,1-2H3,(H,15,16,17). The molecule has 1 N–H and O–H groups in total. The summed E-state index contributed by atoms with van der Waals surface area (Å²) in [6.07, 6.45) is 2.38. The van der Waals surface area contributed by atoms with Crippen LogP contribution in [0.2, 0.25) is 0 Å². The second-order valence-corrected chi connectivity index (χ2v) is 4.53. The molecule has 1 aromatic heterocycles. The number of hydrogen-bond acceptors (Lipinski definition) is 4. The zero-order valence-corrected chi connectivity index (χ0v) is 9.93. The van der Waals surface area contributed by atoms with Gasteiger partial charge in [-0.05, 0) is 18.4 Å². The summed E-state index contributed by atoms with van der Waals surface area (Å²) in [6.45, 7) is 4.08. The third-order valence-corrected chi connectivity index (χ3v) is 2.90. The maximum Gasteiger partial charge on any atom is 0.235 e. The number of imide groups is 1. The van der Waals surface area contributed by atoms with E-state index >= 15 is 0 Å². The van der Waals surface area contributed by atoms with E-state index < -0.39 is 0 Å². The number of piperidine rings is 1. The SMILES string of the molecule is CC(C)c1cc(C2CCC(=O)NC2=O)ncn1. The molecule has 0 aliphatic carbocycles. The van der Waals surface area contributed by atoms with Gasteiger partial charge in [0.15, 0.2) is 0 Å². The maximum absolute atomic E-state index is 11.7. The summed E-state index contributed by atoms with van der Waals surface area (Å²) in [5, 5.41) is 2.34. The summed E-state index contributed by atoms with van der Waals surface area (Å²) >= 11 is 0. The topological polar surface area (TPSA) is 72.0 Å². The smallest absolute Gasteiger partial charge is 0.235 e. The summed E-state index contributed by atoms with van der Waals surface area (Å²) in [4.78, 5) is 31.1. The van der Waals surface area contributed by atoms with Crippen LogP contribution in [0.3, 0.4) is 0 Å². The Morgan fingerprint density at radius 2 is 2.12 bits per heavy atom. The molecule has 1 aliphatic rings. The van der Waals surface area contributed by atoms with Crippen LogP contribution in [0.15, 0.2) is 12.4 Å². The van der Waals surface area contributed by atoms with Crippen molar-refractivity contribution in [3.8, 4) is 0 Å². The molecule has 5 nitrogen and oxygen atoms in total. The number of carbonyl (C=O) groups excluding carboxylic acids is 2. The monoisotopic (exact) mass is 233 g/mol. The van der Waals surface area contributed by atoms with Gasteiger partial charge in [-0.2, -0.15) is 0 Å². The van der Waals surface area contributed by atoms with E-state index in [2.05, 4.69) is 15.3 Å². The van der Waals surface area contributed by atoms with Gasteiger partial charge in [-0.25, -0.2) is 9.97 Å². The number of nitrogens with one attached hydrogen (secondary N) is 1. The van der Waals surface area contributed by atoms with E-state index in [-0.39, 0.29) is 17.7 Å². The largest absolute Gasteiger partial charge is 0.296 e. The molecular weight excluding hydrogens is 218 g/mol. The molecule has 2 heterocycles. The highest BCUT2D eigenvalue weighted by atomic mass is 16.2. The number of nitrogens with zero attached hydrogens (tertiary/aromatic N) is 2. The number of carbonyl (C=O) groups is 2. The van der Waals surface area contributed by atoms with Gasteiger partial charge in [0.2, 0.25) is 11.8 Å². The maximum atomic E-state index is 11.7. The van der Waals surface area contributed by atoms with E-state index in [1.165, 1.54) is 6.33 Å². The van der Waals surface area contributed by atoms with Gasteiger partial charge in [0, 0.05) is 12.1 Å². The van der Waals surface area contributed by atoms with Crippen LogP contribution in [0.5, 0.6) is 0 Å². The summed E-state index contributed by atoms with van der Waals surface area (Å²) in [5.74, 6) is -0.489. The average Bonchev–Trinajstić information content (AvgIpc) is 2.29. The molecule has 1 fully saturated rings. The third kappa shape index (κ3) is 2.49. The van der Waals surface area contributed by atoms with Gasteiger partial charge in [0.25, 0.3) is 0 Å². The quantitative estimate of drug-likeness (QED) is 0.777. The number of amides is 2. The molecule has 0 spiro atoms. The van der Waals surface area contributed by atoms with Gasteiger partial charge in [0.05, 0.1) is 11.6 Å². The molecular formula is C12H15N3O2. The number of aromatic nitrogens is 2. The van der Waals surface area contributed by atoms with E-state index in [1.54, 1.807) is 0 Å². The molecule has 0 radical (unpaired) electrons. The molecule has 2 amide bonds. The number of hydrogen-bond donors (Lipinski definition) is 1. The van der Waals surface area contributed by atoms with Crippen molar-refractivity contribution in [2.24, 2.45) is 0 Å². The molecule has 1 aliphatic heterocycles. The van der Waals surface area contributed by atoms with Crippen LogP contribution in [0.25, 0.3) is 0 Å². The molecule has 1 aromatic rings. The molecule has 90 valence electrons. The molecule has 0 bridgehead atoms. The van der Waals surface area contributed by atoms with Crippen LogP contribution >= 0.6 is 0 Å². The Hall–Kier alpha value is -1.78. The number of rotatable bonds is 2. The molecule has 17 heavy (non-hydrogen) atoms. The minimum Gasteiger partial charge on any atom is -0.296 e. The molecule has 1 unspecified atom stereocenters. The first-order chi connectivity index (χ1) is 8.08. The first-order valence-corrected chi connectivity index (χ1v) is 5.73. The van der Waals surface area contributed by atoms with Crippen LogP contribution in [0, 0.1) is 0 Å². The molecule has 1 saturated heterocycles. The van der Waals surface area contributed by atoms with Crippen molar-refractivity contribution in [1.29, 1.82) is 0 Å². The van der Waals surface area contributed by atoms with Crippen molar-refractivity contribution in [3.63, 3.8) is 0 Å². The first-order valence-electron chi connectivity index (χ1n) is 5.73. The van der Waals surface area contributed by atoms with Crippen LogP contribution in [0.4, 0.5) is 0 Å². The second-order valence-electron chi connectivity index (χ2n) is 4.53. The fourth-order valence-corrected chi connectivity index (χ4v) is 1.87. The summed E-state index contributed by atoms with van der Waals surface area (Å²) in [7, 11) is 0. The van der Waals surface area contributed by atoms with E-state index in [9.17, 15) is 9.59 Å². The Morgan fingerprint density at radius 1 is 1.35 bits per heavy atom. The highest BCUT2D eigenvalue weighted by Gasteiger charge is 2.29. The average molecular weight is 233 g/mol. The fraction of sp³-hybridized carbons (Fsp3) is 0.500. The Balaban J connectivity index is 2.25. The molecule has 5 heteroatoms. The van der Waals surface area contributed by atoms with Crippen molar-refractivity contribution >= 4 is 11.8 Å². The second kappa shape index (κ2) is 4.61. The van der Waals surface area contributed by atoms with Gasteiger partial charge in [-0.1, -0.05) is 13.8 Å². The Labute approximate surface area is 99.7 Å². The first kappa shape index (κ1) is 11.7. The Bertz CT molecular complexity index is 457. The van der Waals surface area contributed by atoms with Crippen LogP contribution in [-0.4, -0.2) is 21.8 Å². The zero-order valence-electron chi connectivity index (χ0n) is 9.93. The van der Waals surface area contributed by atoms with Crippen molar-refractivity contribution < 1.29 is 9.59 Å². The van der Waals surface area contributed by atoms with Crippen LogP contribution in [0.1, 0.15) is 49.9 Å². The molecule has 1 atom stereocenters. The van der Waals surface area contributed by atoms with Crippen molar-refractivity contribution in [2.75, 3.05) is 0 Å². The highest BCUT2D eigenvalue weighted by Crippen LogP contribution is 2.24. The Kier molecular flexibility index (Phi) is 3.17. The lowest BCUT2D eigenvalue weighted by atomic mass is 9.93. The van der Waals surface area contributed by atoms with Gasteiger partial charge in [0.1, 0.15) is 6.33 Å². The fourth-order valence-electron chi connectivity index (χ4n) is 1.87. The van der Waals surface area contributed by atoms with Crippen molar-refractivity contribution in [2.45, 2.75) is 38.5 Å². The normalized spacial score (nSPS) is 20.5. The minimum atomic E-state index is -0.326. The Morgan fingerprint density at radius 3 is 2.76 bits per heavy atom. The zero-order chi connectivity index (χ0) is 12.4. The van der Waals surface area contributed by atoms with E-state index in [4.69, 9.17) is 0 Å². The van der Waals surface area contributed by atoms with Crippen molar-refractivity contribution in [3.05, 3.63) is 23.8 Å². The third-order valence-electron chi connectivity index (χ3n) is 2.90. The predicted molar refractivity (Wildman–Crippen MR) is 61.2 cm³/mol. The predicted octanol–water partition coefficient (Wildman–Crippen LogP) is 1.12. The summed E-state index contributed by atoms with van der Waals surface area (Å²) < 4.78 is 0. The van der Waals surface area contributed by atoms with E-state index in [0.717, 1.165) is 5.69 Å². The van der Waals surface area contributed by atoms with Crippen LogP contribution < -0.4 is 5.32 Å². The van der Waals surface area contributed by atoms with E-state index in [1.807, 2.05) is 19.9 Å². The van der Waals surface area contributed by atoms with Gasteiger partial charge in [-0.15, -0.1) is 0 Å². The summed E-state index contributed by atoms with van der Waals surface area (Å²) in [5.41, 5.74) is 1.62. The lowest BCUT2D eigenvalue weighted by Crippen LogP contribution is -2.39. The minimum absolute atomic E-state index is 0.204. The molecule has 0 saturated carbocycles. The van der Waals surface area contributed by atoms with Gasteiger partial charge in [-0.3, -0.25) is 14.9 Å². The lowest BCUT2D eigenvalue weighted by molar-refractivity contribution is -0.134. The van der Waals surface area contributed by atoms with Gasteiger partial charge >= 0.3 is 0 Å². The highest BCUT2D eigenvalue weighted by molar-refractivity contribution is 6.00. The van der Waals surface area contributed by atoms with Crippen molar-refractivity contribution in [1.82, 2.24) is 15.3 Å².